The summed E-state index contributed by atoms with van der Waals surface area (Å²) < 4.78 is 22.2. The van der Waals surface area contributed by atoms with Crippen LogP contribution in [-0.4, -0.2) is 65.1 Å². The first-order chi connectivity index (χ1) is 11.5. The number of carbonyl (C=O) groups excluding carboxylic acids is 1. The predicted molar refractivity (Wildman–Crippen MR) is 91.0 cm³/mol. The van der Waals surface area contributed by atoms with Crippen LogP contribution in [0.15, 0.2) is 12.1 Å². The van der Waals surface area contributed by atoms with Crippen molar-refractivity contribution in [2.24, 2.45) is 0 Å². The molecule has 0 bridgehead atoms. The highest BCUT2D eigenvalue weighted by Gasteiger charge is 2.25. The highest BCUT2D eigenvalue weighted by Crippen LogP contribution is 2.38. The predicted octanol–water partition coefficient (Wildman–Crippen LogP) is 2.50. The second kappa shape index (κ2) is 8.24. The standard InChI is InChI=1S/C18H28NO5/c1-19(8-6-5-7-9-19)10-11-24-18(20)14-12-15(21-2)17(23-4)16(13-14)22-3/h12-13H,5-11H2,1-4H3/q+1. The molecule has 2 rings (SSSR count). The molecule has 0 amide bonds. The number of hydrogen-bond donors (Lipinski definition) is 0. The molecule has 1 aliphatic heterocycles. The summed E-state index contributed by atoms with van der Waals surface area (Å²) >= 11 is 0. The number of esters is 1. The van der Waals surface area contributed by atoms with Crippen LogP contribution in [0, 0.1) is 0 Å². The summed E-state index contributed by atoms with van der Waals surface area (Å²) in [5.74, 6) is 0.971. The van der Waals surface area contributed by atoms with Crippen molar-refractivity contribution in [1.82, 2.24) is 0 Å². The van der Waals surface area contributed by atoms with Crippen molar-refractivity contribution in [2.75, 3.05) is 54.6 Å². The minimum Gasteiger partial charge on any atom is -0.493 e. The fourth-order valence-electron chi connectivity index (χ4n) is 3.14. The van der Waals surface area contributed by atoms with Gasteiger partial charge in [-0.2, -0.15) is 0 Å². The molecule has 0 spiro atoms. The molecule has 1 aromatic carbocycles. The monoisotopic (exact) mass is 338 g/mol. The first kappa shape index (κ1) is 18.4. The summed E-state index contributed by atoms with van der Waals surface area (Å²) in [5.41, 5.74) is 0.394. The highest BCUT2D eigenvalue weighted by molar-refractivity contribution is 5.91. The Labute approximate surface area is 143 Å². The molecule has 1 heterocycles. The van der Waals surface area contributed by atoms with Crippen LogP contribution in [0.3, 0.4) is 0 Å². The van der Waals surface area contributed by atoms with Crippen molar-refractivity contribution in [3.05, 3.63) is 17.7 Å². The number of ether oxygens (including phenoxy) is 4. The summed E-state index contributed by atoms with van der Waals surface area (Å²) in [5, 5.41) is 0. The van der Waals surface area contributed by atoms with Crippen molar-refractivity contribution >= 4 is 5.97 Å². The molecule has 0 aromatic heterocycles. The largest absolute Gasteiger partial charge is 0.493 e. The van der Waals surface area contributed by atoms with Crippen molar-refractivity contribution in [2.45, 2.75) is 19.3 Å². The number of rotatable bonds is 7. The van der Waals surface area contributed by atoms with Gasteiger partial charge in [0, 0.05) is 0 Å². The smallest absolute Gasteiger partial charge is 0.338 e. The molecular weight excluding hydrogens is 310 g/mol. The van der Waals surface area contributed by atoms with Gasteiger partial charge in [0.15, 0.2) is 11.5 Å². The molecular formula is C18H28NO5+. The second-order valence-electron chi connectivity index (χ2n) is 6.40. The number of hydrogen-bond acceptors (Lipinski definition) is 5. The van der Waals surface area contributed by atoms with Gasteiger partial charge in [0.1, 0.15) is 13.2 Å². The summed E-state index contributed by atoms with van der Waals surface area (Å²) in [6, 6.07) is 3.22. The quantitative estimate of drug-likeness (QED) is 0.565. The van der Waals surface area contributed by atoms with Crippen molar-refractivity contribution < 1.29 is 28.2 Å². The van der Waals surface area contributed by atoms with E-state index in [4.69, 9.17) is 18.9 Å². The minimum absolute atomic E-state index is 0.377. The van der Waals surface area contributed by atoms with Crippen LogP contribution in [0.25, 0.3) is 0 Å². The number of piperidine rings is 1. The van der Waals surface area contributed by atoms with Gasteiger partial charge in [-0.15, -0.1) is 0 Å². The van der Waals surface area contributed by atoms with E-state index < -0.39 is 0 Å². The zero-order chi connectivity index (χ0) is 17.6. The van der Waals surface area contributed by atoms with E-state index in [1.54, 1.807) is 12.1 Å². The molecule has 0 radical (unpaired) electrons. The SMILES string of the molecule is COc1cc(C(=O)OCC[N+]2(C)CCCCC2)cc(OC)c1OC. The second-order valence-corrected chi connectivity index (χ2v) is 6.40. The summed E-state index contributed by atoms with van der Waals surface area (Å²) in [4.78, 5) is 12.3. The van der Waals surface area contributed by atoms with Gasteiger partial charge >= 0.3 is 5.97 Å². The third kappa shape index (κ3) is 4.32. The fourth-order valence-corrected chi connectivity index (χ4v) is 3.14. The van der Waals surface area contributed by atoms with Gasteiger partial charge < -0.3 is 23.4 Å². The lowest BCUT2D eigenvalue weighted by Crippen LogP contribution is -2.49. The molecule has 1 saturated heterocycles. The third-order valence-electron chi connectivity index (χ3n) is 4.66. The number of quaternary nitrogens is 1. The molecule has 24 heavy (non-hydrogen) atoms. The Morgan fingerprint density at radius 1 is 1.00 bits per heavy atom. The average Bonchev–Trinajstić information content (AvgIpc) is 2.60. The zero-order valence-corrected chi connectivity index (χ0v) is 15.1. The van der Waals surface area contributed by atoms with Gasteiger partial charge in [0.2, 0.25) is 5.75 Å². The summed E-state index contributed by atoms with van der Waals surface area (Å²) in [6.07, 6.45) is 3.80. The fraction of sp³-hybridized carbons (Fsp3) is 0.611. The van der Waals surface area contributed by atoms with Crippen LogP contribution in [0.2, 0.25) is 0 Å². The molecule has 0 unspecified atom stereocenters. The number of methoxy groups -OCH3 is 3. The van der Waals surface area contributed by atoms with Gasteiger partial charge in [-0.3, -0.25) is 0 Å². The summed E-state index contributed by atoms with van der Waals surface area (Å²) in [6.45, 7) is 3.56. The molecule has 6 nitrogen and oxygen atoms in total. The maximum atomic E-state index is 12.3. The first-order valence-electron chi connectivity index (χ1n) is 8.33. The van der Waals surface area contributed by atoms with Crippen molar-refractivity contribution in [3.63, 3.8) is 0 Å². The average molecular weight is 338 g/mol. The van der Waals surface area contributed by atoms with Crippen molar-refractivity contribution in [3.8, 4) is 17.2 Å². The van der Waals surface area contributed by atoms with Gasteiger partial charge in [0.25, 0.3) is 0 Å². The molecule has 0 saturated carbocycles. The van der Waals surface area contributed by atoms with Gasteiger partial charge in [-0.1, -0.05) is 0 Å². The molecule has 0 aliphatic carbocycles. The Kier molecular flexibility index (Phi) is 6.31. The van der Waals surface area contributed by atoms with E-state index in [-0.39, 0.29) is 5.97 Å². The van der Waals surface area contributed by atoms with E-state index >= 15 is 0 Å². The van der Waals surface area contributed by atoms with Crippen LogP contribution < -0.4 is 14.2 Å². The van der Waals surface area contributed by atoms with Crippen LogP contribution in [-0.2, 0) is 4.74 Å². The highest BCUT2D eigenvalue weighted by atomic mass is 16.5. The Morgan fingerprint density at radius 3 is 2.08 bits per heavy atom. The van der Waals surface area contributed by atoms with Crippen LogP contribution in [0.1, 0.15) is 29.6 Å². The lowest BCUT2D eigenvalue weighted by molar-refractivity contribution is -0.914. The van der Waals surface area contributed by atoms with Gasteiger partial charge in [-0.25, -0.2) is 4.79 Å². The van der Waals surface area contributed by atoms with E-state index in [9.17, 15) is 4.79 Å². The maximum absolute atomic E-state index is 12.3. The number of nitrogens with zero attached hydrogens (tertiary/aromatic N) is 1. The lowest BCUT2D eigenvalue weighted by Gasteiger charge is -2.37. The van der Waals surface area contributed by atoms with E-state index in [2.05, 4.69) is 7.05 Å². The maximum Gasteiger partial charge on any atom is 0.338 e. The summed E-state index contributed by atoms with van der Waals surface area (Å²) in [7, 11) is 6.80. The van der Waals surface area contributed by atoms with E-state index in [0.717, 1.165) is 24.1 Å². The van der Waals surface area contributed by atoms with Crippen LogP contribution >= 0.6 is 0 Å². The normalized spacial score (nSPS) is 16.3. The number of likely N-dealkylation sites (tertiary alicyclic amines) is 1. The molecule has 6 heteroatoms. The van der Waals surface area contributed by atoms with Gasteiger partial charge in [0.05, 0.1) is 47.0 Å². The Bertz CT molecular complexity index is 542. The van der Waals surface area contributed by atoms with Gasteiger partial charge in [-0.05, 0) is 31.4 Å². The van der Waals surface area contributed by atoms with Crippen LogP contribution in [0.5, 0.6) is 17.2 Å². The molecule has 0 atom stereocenters. The first-order valence-corrected chi connectivity index (χ1v) is 8.33. The zero-order valence-electron chi connectivity index (χ0n) is 15.1. The van der Waals surface area contributed by atoms with Crippen molar-refractivity contribution in [1.29, 1.82) is 0 Å². The molecule has 134 valence electrons. The molecule has 1 aliphatic rings. The number of likely N-dealkylation sites (N-methyl/N-ethyl adjacent to an activating group) is 1. The number of benzene rings is 1. The van der Waals surface area contributed by atoms with E-state index in [1.165, 1.54) is 40.6 Å². The van der Waals surface area contributed by atoms with Crippen LogP contribution in [0.4, 0.5) is 0 Å². The Hall–Kier alpha value is -1.95. The lowest BCUT2D eigenvalue weighted by atomic mass is 10.1. The molecule has 0 N–H and O–H groups in total. The number of carbonyl (C=O) groups is 1. The Morgan fingerprint density at radius 2 is 1.58 bits per heavy atom. The minimum atomic E-state index is -0.377. The van der Waals surface area contributed by atoms with E-state index in [1.807, 2.05) is 0 Å². The Balaban J connectivity index is 2.01. The topological polar surface area (TPSA) is 54.0 Å². The third-order valence-corrected chi connectivity index (χ3v) is 4.66. The van der Waals surface area contributed by atoms with E-state index in [0.29, 0.717) is 29.4 Å². The molecule has 1 aromatic rings. The molecule has 1 fully saturated rings.